The molecule has 0 spiro atoms. The number of hydrogen-bond acceptors (Lipinski definition) is 4. The van der Waals surface area contributed by atoms with Gasteiger partial charge in [0.15, 0.2) is 5.78 Å². The Morgan fingerprint density at radius 3 is 2.52 bits per heavy atom. The Balaban J connectivity index is 1.65. The molecule has 0 radical (unpaired) electrons. The molecule has 3 aromatic rings. The van der Waals surface area contributed by atoms with E-state index < -0.39 is 0 Å². The Bertz CT molecular complexity index is 844. The van der Waals surface area contributed by atoms with Crippen molar-refractivity contribution in [2.75, 3.05) is 0 Å². The van der Waals surface area contributed by atoms with Crippen LogP contribution in [0, 0.1) is 0 Å². The van der Waals surface area contributed by atoms with E-state index in [1.165, 1.54) is 5.56 Å². The topological polar surface area (TPSA) is 56.0 Å². The molecule has 2 aromatic heterocycles. The summed E-state index contributed by atoms with van der Waals surface area (Å²) in [5, 5.41) is 4.13. The molecule has 0 atom stereocenters. The van der Waals surface area contributed by atoms with E-state index in [0.29, 0.717) is 24.2 Å². The van der Waals surface area contributed by atoms with Crippen LogP contribution in [-0.4, -0.2) is 15.9 Å². The van der Waals surface area contributed by atoms with Crippen LogP contribution in [-0.2, 0) is 11.8 Å². The first kappa shape index (κ1) is 17.1. The van der Waals surface area contributed by atoms with Gasteiger partial charge in [0.2, 0.25) is 0 Å². The maximum absolute atomic E-state index is 12.1. The molecule has 0 N–H and O–H groups in total. The van der Waals surface area contributed by atoms with Gasteiger partial charge in [0.25, 0.3) is 0 Å². The summed E-state index contributed by atoms with van der Waals surface area (Å²) in [6, 6.07) is 13.8. The van der Waals surface area contributed by atoms with Crippen molar-refractivity contribution < 1.29 is 9.32 Å². The molecule has 0 saturated carbocycles. The maximum Gasteiger partial charge on any atom is 0.164 e. The highest BCUT2D eigenvalue weighted by Gasteiger charge is 2.14. The van der Waals surface area contributed by atoms with Crippen molar-refractivity contribution in [3.05, 3.63) is 71.7 Å². The van der Waals surface area contributed by atoms with E-state index in [9.17, 15) is 4.79 Å². The molecule has 0 unspecified atom stereocenters. The van der Waals surface area contributed by atoms with Crippen molar-refractivity contribution in [2.45, 2.75) is 39.0 Å². The van der Waals surface area contributed by atoms with Gasteiger partial charge in [-0.3, -0.25) is 9.78 Å². The molecule has 3 rings (SSSR count). The highest BCUT2D eigenvalue weighted by molar-refractivity contribution is 5.95. The molecule has 4 heteroatoms. The molecule has 0 saturated heterocycles. The lowest BCUT2D eigenvalue weighted by Gasteiger charge is -2.18. The molecular weight excluding hydrogens is 312 g/mol. The normalized spacial score (nSPS) is 11.5. The fourth-order valence-electron chi connectivity index (χ4n) is 2.62. The van der Waals surface area contributed by atoms with Crippen LogP contribution in [0.15, 0.2) is 59.4 Å². The summed E-state index contributed by atoms with van der Waals surface area (Å²) in [7, 11) is 0. The average molecular weight is 334 g/mol. The molecule has 0 fully saturated rings. The Hall–Kier alpha value is -2.75. The number of Topliss-reactive ketones (excluding diaryl/α,β-unsaturated/α-hetero) is 1. The lowest BCUT2D eigenvalue weighted by molar-refractivity contribution is 0.0980. The van der Waals surface area contributed by atoms with Crippen molar-refractivity contribution in [1.82, 2.24) is 10.1 Å². The summed E-state index contributed by atoms with van der Waals surface area (Å²) >= 11 is 0. The Morgan fingerprint density at radius 1 is 1.12 bits per heavy atom. The maximum atomic E-state index is 12.1. The van der Waals surface area contributed by atoms with Gasteiger partial charge >= 0.3 is 0 Å². The van der Waals surface area contributed by atoms with Crippen LogP contribution in [0.2, 0.25) is 0 Å². The van der Waals surface area contributed by atoms with Gasteiger partial charge < -0.3 is 4.52 Å². The molecule has 1 aromatic carbocycles. The molecule has 0 aliphatic rings. The number of aryl methyl sites for hydroxylation is 1. The largest absolute Gasteiger partial charge is 0.361 e. The molecule has 0 amide bonds. The molecule has 0 bridgehead atoms. The highest BCUT2D eigenvalue weighted by atomic mass is 16.5. The minimum absolute atomic E-state index is 0.0561. The fraction of sp³-hybridized carbons (Fsp3) is 0.286. The molecule has 0 aliphatic heterocycles. The lowest BCUT2D eigenvalue weighted by atomic mass is 9.86. The summed E-state index contributed by atoms with van der Waals surface area (Å²) < 4.78 is 5.38. The van der Waals surface area contributed by atoms with Gasteiger partial charge in [-0.25, -0.2) is 0 Å². The molecular formula is C21H22N2O2. The second-order valence-electron chi connectivity index (χ2n) is 7.17. The van der Waals surface area contributed by atoms with Crippen LogP contribution in [0.25, 0.3) is 11.3 Å². The highest BCUT2D eigenvalue weighted by Crippen LogP contribution is 2.26. The van der Waals surface area contributed by atoms with E-state index in [-0.39, 0.29) is 11.2 Å². The predicted molar refractivity (Wildman–Crippen MR) is 97.5 cm³/mol. The number of pyridine rings is 1. The second-order valence-corrected chi connectivity index (χ2v) is 7.17. The van der Waals surface area contributed by atoms with Crippen LogP contribution in [0.1, 0.15) is 48.9 Å². The number of rotatable bonds is 5. The number of nitrogens with zero attached hydrogens (tertiary/aromatic N) is 2. The van der Waals surface area contributed by atoms with E-state index in [1.54, 1.807) is 24.5 Å². The number of aromatic nitrogens is 2. The fourth-order valence-corrected chi connectivity index (χ4v) is 2.62. The van der Waals surface area contributed by atoms with Gasteiger partial charge in [0.05, 0.1) is 0 Å². The van der Waals surface area contributed by atoms with Crippen LogP contribution in [0.5, 0.6) is 0 Å². The average Bonchev–Trinajstić information content (AvgIpc) is 3.09. The SMILES string of the molecule is CC(C)(C)c1ccc(-c2cc(CCC(=O)c3cccnc3)on2)cc1. The van der Waals surface area contributed by atoms with Crippen molar-refractivity contribution in [1.29, 1.82) is 0 Å². The summed E-state index contributed by atoms with van der Waals surface area (Å²) in [6.07, 6.45) is 4.15. The Kier molecular flexibility index (Phi) is 4.79. The van der Waals surface area contributed by atoms with Gasteiger partial charge in [0.1, 0.15) is 11.5 Å². The zero-order valence-corrected chi connectivity index (χ0v) is 14.8. The minimum Gasteiger partial charge on any atom is -0.361 e. The first-order valence-electron chi connectivity index (χ1n) is 8.43. The summed E-state index contributed by atoms with van der Waals surface area (Å²) in [4.78, 5) is 16.1. The third-order valence-electron chi connectivity index (χ3n) is 4.19. The third kappa shape index (κ3) is 4.21. The lowest BCUT2D eigenvalue weighted by Crippen LogP contribution is -2.10. The molecule has 2 heterocycles. The number of carbonyl (C=O) groups is 1. The van der Waals surface area contributed by atoms with Crippen LogP contribution in [0.3, 0.4) is 0 Å². The zero-order chi connectivity index (χ0) is 17.9. The Morgan fingerprint density at radius 2 is 1.88 bits per heavy atom. The zero-order valence-electron chi connectivity index (χ0n) is 14.8. The second kappa shape index (κ2) is 7.01. The molecule has 4 nitrogen and oxygen atoms in total. The van der Waals surface area contributed by atoms with Gasteiger partial charge in [0, 0.05) is 42.4 Å². The van der Waals surface area contributed by atoms with Crippen molar-refractivity contribution in [2.24, 2.45) is 0 Å². The Labute approximate surface area is 147 Å². The van der Waals surface area contributed by atoms with E-state index in [2.05, 4.69) is 55.2 Å². The smallest absolute Gasteiger partial charge is 0.164 e. The van der Waals surface area contributed by atoms with Crippen LogP contribution < -0.4 is 0 Å². The number of ketones is 1. The van der Waals surface area contributed by atoms with Gasteiger partial charge in [-0.1, -0.05) is 50.2 Å². The summed E-state index contributed by atoms with van der Waals surface area (Å²) in [5.41, 5.74) is 3.84. The van der Waals surface area contributed by atoms with Crippen LogP contribution >= 0.6 is 0 Å². The van der Waals surface area contributed by atoms with Crippen molar-refractivity contribution in [3.63, 3.8) is 0 Å². The number of hydrogen-bond donors (Lipinski definition) is 0. The van der Waals surface area contributed by atoms with E-state index in [1.807, 2.05) is 6.07 Å². The summed E-state index contributed by atoms with van der Waals surface area (Å²) in [6.45, 7) is 6.57. The summed E-state index contributed by atoms with van der Waals surface area (Å²) in [5.74, 6) is 0.771. The van der Waals surface area contributed by atoms with Crippen molar-refractivity contribution in [3.8, 4) is 11.3 Å². The minimum atomic E-state index is 0.0561. The molecule has 25 heavy (non-hydrogen) atoms. The first-order valence-corrected chi connectivity index (χ1v) is 8.43. The van der Waals surface area contributed by atoms with Gasteiger partial charge in [-0.05, 0) is 23.1 Å². The molecule has 128 valence electrons. The van der Waals surface area contributed by atoms with Crippen molar-refractivity contribution >= 4 is 5.78 Å². The van der Waals surface area contributed by atoms with Crippen LogP contribution in [0.4, 0.5) is 0 Å². The van der Waals surface area contributed by atoms with E-state index in [4.69, 9.17) is 4.52 Å². The first-order chi connectivity index (χ1) is 11.9. The predicted octanol–water partition coefficient (Wildman–Crippen LogP) is 4.85. The van der Waals surface area contributed by atoms with Gasteiger partial charge in [-0.15, -0.1) is 0 Å². The van der Waals surface area contributed by atoms with Gasteiger partial charge in [-0.2, -0.15) is 0 Å². The standard InChI is InChI=1S/C21H22N2O2/c1-21(2,3)17-8-6-15(7-9-17)19-13-18(25-23-19)10-11-20(24)16-5-4-12-22-14-16/h4-9,12-14H,10-11H2,1-3H3. The quantitative estimate of drug-likeness (QED) is 0.626. The monoisotopic (exact) mass is 334 g/mol. The van der Waals surface area contributed by atoms with E-state index >= 15 is 0 Å². The number of carbonyl (C=O) groups excluding carboxylic acids is 1. The molecule has 0 aliphatic carbocycles. The third-order valence-corrected chi connectivity index (χ3v) is 4.19. The van der Waals surface area contributed by atoms with E-state index in [0.717, 1.165) is 11.3 Å². The number of benzene rings is 1.